The maximum atomic E-state index is 11.2. The molecule has 1 heterocycles. The number of piperazine rings is 1. The second-order valence-electron chi connectivity index (χ2n) is 9.84. The van der Waals surface area contributed by atoms with Crippen molar-refractivity contribution in [3.8, 4) is 0 Å². The van der Waals surface area contributed by atoms with Gasteiger partial charge in [-0.3, -0.25) is 0 Å². The number of rotatable bonds is 4. The Morgan fingerprint density at radius 3 is 2.54 bits per heavy atom. The summed E-state index contributed by atoms with van der Waals surface area (Å²) in [5.74, 6) is 0.539. The monoisotopic (exact) mass is 378 g/mol. The molecule has 2 N–H and O–H groups in total. The molecular formula is C22H35ClN2O. The molecule has 1 aliphatic heterocycles. The van der Waals surface area contributed by atoms with Crippen LogP contribution in [-0.2, 0) is 0 Å². The van der Waals surface area contributed by atoms with Gasteiger partial charge in [0.15, 0.2) is 0 Å². The van der Waals surface area contributed by atoms with Gasteiger partial charge in [-0.2, -0.15) is 0 Å². The fraction of sp³-hybridized carbons (Fsp3) is 0.727. The van der Waals surface area contributed by atoms with Crippen LogP contribution in [0.25, 0.3) is 0 Å². The van der Waals surface area contributed by atoms with E-state index >= 15 is 0 Å². The SMILES string of the molecule is CC1(C)CC(O)C(C(CN2CCNCC2)c2cccc(Cl)c2)C(C)(C)C1. The Balaban J connectivity index is 1.93. The number of benzene rings is 1. The second-order valence-corrected chi connectivity index (χ2v) is 10.3. The van der Waals surface area contributed by atoms with E-state index in [0.29, 0.717) is 5.92 Å². The molecule has 2 fully saturated rings. The molecule has 3 rings (SSSR count). The third-order valence-electron chi connectivity index (χ3n) is 6.39. The predicted octanol–water partition coefficient (Wildman–Crippen LogP) is 4.15. The highest BCUT2D eigenvalue weighted by Gasteiger charge is 2.49. The minimum Gasteiger partial charge on any atom is -0.393 e. The third kappa shape index (κ3) is 4.62. The van der Waals surface area contributed by atoms with Crippen LogP contribution in [0.1, 0.15) is 52.0 Å². The minimum atomic E-state index is -0.277. The number of hydrogen-bond acceptors (Lipinski definition) is 3. The number of nitrogens with zero attached hydrogens (tertiary/aromatic N) is 1. The highest BCUT2D eigenvalue weighted by atomic mass is 35.5. The van der Waals surface area contributed by atoms with E-state index in [2.05, 4.69) is 56.1 Å². The van der Waals surface area contributed by atoms with Gasteiger partial charge in [-0.1, -0.05) is 51.4 Å². The second kappa shape index (κ2) is 7.79. The van der Waals surface area contributed by atoms with Crippen LogP contribution >= 0.6 is 11.6 Å². The van der Waals surface area contributed by atoms with Crippen LogP contribution in [0.4, 0.5) is 0 Å². The first-order valence-corrected chi connectivity index (χ1v) is 10.4. The lowest BCUT2D eigenvalue weighted by Gasteiger charge is -2.53. The number of hydrogen-bond donors (Lipinski definition) is 2. The Hall–Kier alpha value is -0.610. The van der Waals surface area contributed by atoms with Gasteiger partial charge >= 0.3 is 0 Å². The highest BCUT2D eigenvalue weighted by molar-refractivity contribution is 6.30. The molecule has 3 unspecified atom stereocenters. The Bertz CT molecular complexity index is 610. The number of aliphatic hydroxyl groups excluding tert-OH is 1. The van der Waals surface area contributed by atoms with Crippen molar-refractivity contribution in [3.63, 3.8) is 0 Å². The first kappa shape index (κ1) is 20.1. The molecule has 1 saturated heterocycles. The smallest absolute Gasteiger partial charge is 0.0584 e. The molecule has 1 saturated carbocycles. The summed E-state index contributed by atoms with van der Waals surface area (Å²) in [6.45, 7) is 14.5. The van der Waals surface area contributed by atoms with Gasteiger partial charge in [-0.15, -0.1) is 0 Å². The summed E-state index contributed by atoms with van der Waals surface area (Å²) in [4.78, 5) is 2.55. The lowest BCUT2D eigenvalue weighted by atomic mass is 9.55. The molecule has 0 bridgehead atoms. The van der Waals surface area contributed by atoms with E-state index in [1.807, 2.05) is 6.07 Å². The van der Waals surface area contributed by atoms with E-state index < -0.39 is 0 Å². The maximum Gasteiger partial charge on any atom is 0.0584 e. The Morgan fingerprint density at radius 1 is 1.23 bits per heavy atom. The molecule has 1 aliphatic carbocycles. The van der Waals surface area contributed by atoms with Crippen molar-refractivity contribution in [3.05, 3.63) is 34.9 Å². The fourth-order valence-corrected chi connectivity index (χ4v) is 5.98. The van der Waals surface area contributed by atoms with E-state index in [4.69, 9.17) is 11.6 Å². The summed E-state index contributed by atoms with van der Waals surface area (Å²) >= 11 is 6.34. The van der Waals surface area contributed by atoms with Crippen LogP contribution in [0.5, 0.6) is 0 Å². The van der Waals surface area contributed by atoms with Gasteiger partial charge in [-0.25, -0.2) is 0 Å². The van der Waals surface area contributed by atoms with Crippen LogP contribution in [0.2, 0.25) is 5.02 Å². The van der Waals surface area contributed by atoms with E-state index in [1.54, 1.807) is 0 Å². The minimum absolute atomic E-state index is 0.0855. The van der Waals surface area contributed by atoms with Gasteiger partial charge in [0.1, 0.15) is 0 Å². The summed E-state index contributed by atoms with van der Waals surface area (Å²) in [5, 5.41) is 15.4. The van der Waals surface area contributed by atoms with Gasteiger partial charge in [0.05, 0.1) is 6.10 Å². The van der Waals surface area contributed by atoms with Crippen LogP contribution in [-0.4, -0.2) is 48.8 Å². The van der Waals surface area contributed by atoms with Crippen LogP contribution in [0.3, 0.4) is 0 Å². The van der Waals surface area contributed by atoms with Gasteiger partial charge in [0.2, 0.25) is 0 Å². The van der Waals surface area contributed by atoms with Crippen LogP contribution < -0.4 is 5.32 Å². The topological polar surface area (TPSA) is 35.5 Å². The van der Waals surface area contributed by atoms with Crippen molar-refractivity contribution in [2.24, 2.45) is 16.7 Å². The summed E-state index contributed by atoms with van der Waals surface area (Å²) in [7, 11) is 0. The first-order valence-electron chi connectivity index (χ1n) is 10.0. The molecule has 3 atom stereocenters. The summed E-state index contributed by atoms with van der Waals surface area (Å²) in [6, 6.07) is 8.30. The fourth-order valence-electron chi connectivity index (χ4n) is 5.79. The number of halogens is 1. The molecule has 1 aromatic rings. The van der Waals surface area contributed by atoms with E-state index in [1.165, 1.54) is 5.56 Å². The van der Waals surface area contributed by atoms with Gasteiger partial charge in [-0.05, 0) is 47.3 Å². The Kier molecular flexibility index (Phi) is 6.03. The van der Waals surface area contributed by atoms with Crippen molar-refractivity contribution in [2.75, 3.05) is 32.7 Å². The lowest BCUT2D eigenvalue weighted by molar-refractivity contribution is -0.0770. The van der Waals surface area contributed by atoms with E-state index in [-0.39, 0.29) is 22.9 Å². The van der Waals surface area contributed by atoms with Crippen molar-refractivity contribution >= 4 is 11.6 Å². The van der Waals surface area contributed by atoms with Crippen molar-refractivity contribution < 1.29 is 5.11 Å². The van der Waals surface area contributed by atoms with Crippen LogP contribution in [0, 0.1) is 16.7 Å². The van der Waals surface area contributed by atoms with Crippen molar-refractivity contribution in [1.82, 2.24) is 10.2 Å². The average Bonchev–Trinajstić information content (AvgIpc) is 2.52. The van der Waals surface area contributed by atoms with Crippen molar-refractivity contribution in [1.29, 1.82) is 0 Å². The van der Waals surface area contributed by atoms with Gasteiger partial charge in [0, 0.05) is 43.7 Å². The molecule has 0 radical (unpaired) electrons. The summed E-state index contributed by atoms with van der Waals surface area (Å²) in [6.07, 6.45) is 1.74. The zero-order valence-corrected chi connectivity index (χ0v) is 17.5. The van der Waals surface area contributed by atoms with E-state index in [9.17, 15) is 5.11 Å². The van der Waals surface area contributed by atoms with E-state index in [0.717, 1.165) is 50.6 Å². The molecule has 0 spiro atoms. The average molecular weight is 379 g/mol. The van der Waals surface area contributed by atoms with Crippen molar-refractivity contribution in [2.45, 2.75) is 52.6 Å². The summed E-state index contributed by atoms with van der Waals surface area (Å²) < 4.78 is 0. The molecule has 3 nitrogen and oxygen atoms in total. The number of aliphatic hydroxyl groups is 1. The standard InChI is InChI=1S/C22H35ClN2O/c1-21(2)13-19(26)20(22(3,4)15-21)18(14-25-10-8-24-9-11-25)16-6-5-7-17(23)12-16/h5-7,12,18-20,24,26H,8-11,13-15H2,1-4H3. The normalized spacial score (nSPS) is 30.1. The lowest BCUT2D eigenvalue weighted by Crippen LogP contribution is -2.51. The molecule has 146 valence electrons. The molecular weight excluding hydrogens is 344 g/mol. The predicted molar refractivity (Wildman–Crippen MR) is 110 cm³/mol. The molecule has 4 heteroatoms. The zero-order valence-electron chi connectivity index (χ0n) is 16.8. The quantitative estimate of drug-likeness (QED) is 0.826. The largest absolute Gasteiger partial charge is 0.393 e. The van der Waals surface area contributed by atoms with Crippen LogP contribution in [0.15, 0.2) is 24.3 Å². The number of nitrogens with one attached hydrogen (secondary N) is 1. The third-order valence-corrected chi connectivity index (χ3v) is 6.62. The molecule has 0 amide bonds. The first-order chi connectivity index (χ1) is 12.2. The highest BCUT2D eigenvalue weighted by Crippen LogP contribution is 2.54. The Labute approximate surface area is 164 Å². The molecule has 1 aromatic carbocycles. The Morgan fingerprint density at radius 2 is 1.92 bits per heavy atom. The zero-order chi connectivity index (χ0) is 18.9. The summed E-state index contributed by atoms with van der Waals surface area (Å²) in [5.41, 5.74) is 1.54. The molecule has 0 aromatic heterocycles. The molecule has 26 heavy (non-hydrogen) atoms. The van der Waals surface area contributed by atoms with Gasteiger partial charge in [0.25, 0.3) is 0 Å². The molecule has 2 aliphatic rings. The van der Waals surface area contributed by atoms with Gasteiger partial charge < -0.3 is 15.3 Å². The maximum absolute atomic E-state index is 11.2.